The molecule has 2 aliphatic carbocycles. The fourth-order valence-electron chi connectivity index (χ4n) is 4.56. The van der Waals surface area contributed by atoms with Gasteiger partial charge in [-0.25, -0.2) is 0 Å². The molecule has 0 bridgehead atoms. The first-order valence-electron chi connectivity index (χ1n) is 10.9. The number of nitriles is 6. The average molecular weight is 558 g/mol. The smallest absolute Gasteiger partial charge is 0.192 e. The topological polar surface area (TPSA) is 220 Å². The summed E-state index contributed by atoms with van der Waals surface area (Å²) in [5.74, 6) is -1.46. The van der Waals surface area contributed by atoms with Gasteiger partial charge in [0.05, 0.1) is 11.1 Å². The van der Waals surface area contributed by atoms with Gasteiger partial charge in [0.25, 0.3) is 0 Å². The molecule has 0 aliphatic heterocycles. The van der Waals surface area contributed by atoms with Crippen molar-refractivity contribution in [1.29, 1.82) is 31.6 Å². The molecule has 2 aromatic heterocycles. The molecule has 0 saturated carbocycles. The van der Waals surface area contributed by atoms with Crippen LogP contribution < -0.4 is 0 Å². The normalized spacial score (nSPS) is 12.8. The monoisotopic (exact) mass is 558 g/mol. The Morgan fingerprint density at radius 2 is 0.786 bits per heavy atom. The summed E-state index contributed by atoms with van der Waals surface area (Å²) in [7, 11) is 0. The fourth-order valence-corrected chi connectivity index (χ4v) is 4.56. The van der Waals surface area contributed by atoms with E-state index in [0.717, 1.165) is 0 Å². The summed E-state index contributed by atoms with van der Waals surface area (Å²) >= 11 is 0. The van der Waals surface area contributed by atoms with E-state index in [-0.39, 0.29) is 44.5 Å². The van der Waals surface area contributed by atoms with Crippen molar-refractivity contribution < 1.29 is 17.6 Å². The third-order valence-electron chi connectivity index (χ3n) is 6.01. The van der Waals surface area contributed by atoms with Gasteiger partial charge < -0.3 is 0 Å². The maximum absolute atomic E-state index is 14.0. The van der Waals surface area contributed by atoms with Crippen LogP contribution in [0.4, 0.5) is 17.6 Å². The van der Waals surface area contributed by atoms with Gasteiger partial charge in [0.2, 0.25) is 0 Å². The van der Waals surface area contributed by atoms with Gasteiger partial charge in [0, 0.05) is 33.4 Å². The van der Waals surface area contributed by atoms with Gasteiger partial charge >= 0.3 is 24.3 Å². The second kappa shape index (κ2) is 9.87. The van der Waals surface area contributed by atoms with Gasteiger partial charge in [-0.2, -0.15) is 79.0 Å². The van der Waals surface area contributed by atoms with Crippen molar-refractivity contribution in [1.82, 2.24) is 29.9 Å². The van der Waals surface area contributed by atoms with E-state index in [2.05, 4.69) is 29.9 Å². The molecule has 3 aromatic rings. The molecular formula is C26H2F4N12. The van der Waals surface area contributed by atoms with Crippen molar-refractivity contribution >= 4 is 33.4 Å². The number of allylic oxidation sites excluding steroid dienone is 8. The second-order valence-corrected chi connectivity index (χ2v) is 8.01. The van der Waals surface area contributed by atoms with E-state index in [1.807, 2.05) is 12.1 Å². The van der Waals surface area contributed by atoms with Crippen LogP contribution in [0.2, 0.25) is 0 Å². The van der Waals surface area contributed by atoms with E-state index in [9.17, 15) is 49.1 Å². The minimum Gasteiger partial charge on any atom is -0.192 e. The molecule has 12 nitrogen and oxygen atoms in total. The SMILES string of the molecule is N#CC(C#N)=C1C(c2nc(F)nc(F)n2)=C(C#N)c2cc3c(cc21)C(=C(C#N)C#N)C(c1nc(F)nc(F)n1)=C3C#N. The quantitative estimate of drug-likeness (QED) is 0.327. The first-order chi connectivity index (χ1) is 20.2. The Labute approximate surface area is 230 Å². The third kappa shape index (κ3) is 3.87. The summed E-state index contributed by atoms with van der Waals surface area (Å²) in [6, 6.07) is 12.5. The van der Waals surface area contributed by atoms with Crippen LogP contribution in [-0.4, -0.2) is 29.9 Å². The van der Waals surface area contributed by atoms with Crippen LogP contribution in [0.5, 0.6) is 0 Å². The molecule has 0 N–H and O–H groups in total. The molecule has 0 spiro atoms. The number of aromatic nitrogens is 6. The summed E-state index contributed by atoms with van der Waals surface area (Å²) in [5.41, 5.74) is -3.82. The molecule has 16 heteroatoms. The van der Waals surface area contributed by atoms with E-state index in [0.29, 0.717) is 0 Å². The van der Waals surface area contributed by atoms with Gasteiger partial charge in [-0.05, 0) is 23.3 Å². The molecule has 2 aliphatic rings. The molecular weight excluding hydrogens is 556 g/mol. The van der Waals surface area contributed by atoms with Crippen molar-refractivity contribution in [3.05, 3.63) is 81.5 Å². The zero-order valence-corrected chi connectivity index (χ0v) is 20.0. The van der Waals surface area contributed by atoms with Gasteiger partial charge in [0.1, 0.15) is 47.6 Å². The van der Waals surface area contributed by atoms with Crippen molar-refractivity contribution in [2.75, 3.05) is 0 Å². The fraction of sp³-hybridized carbons (Fsp3) is 0. The number of hydrogen-bond donors (Lipinski definition) is 0. The molecule has 0 atom stereocenters. The van der Waals surface area contributed by atoms with Crippen molar-refractivity contribution in [3.8, 4) is 36.4 Å². The number of fused-ring (bicyclic) bond motifs is 2. The number of benzene rings is 1. The molecule has 5 rings (SSSR count). The predicted molar refractivity (Wildman–Crippen MR) is 127 cm³/mol. The Morgan fingerprint density at radius 1 is 0.476 bits per heavy atom. The lowest BCUT2D eigenvalue weighted by Gasteiger charge is -2.10. The Kier molecular flexibility index (Phi) is 6.22. The highest BCUT2D eigenvalue weighted by molar-refractivity contribution is 6.29. The number of hydrogen-bond acceptors (Lipinski definition) is 12. The van der Waals surface area contributed by atoms with E-state index < -0.39 is 58.3 Å². The van der Waals surface area contributed by atoms with Crippen LogP contribution in [0.25, 0.3) is 33.4 Å². The highest BCUT2D eigenvalue weighted by atomic mass is 19.2. The molecule has 1 aromatic carbocycles. The zero-order chi connectivity index (χ0) is 30.3. The molecule has 42 heavy (non-hydrogen) atoms. The van der Waals surface area contributed by atoms with Crippen LogP contribution in [0, 0.1) is 92.3 Å². The number of nitrogens with zero attached hydrogens (tertiary/aromatic N) is 12. The molecule has 0 saturated heterocycles. The summed E-state index contributed by atoms with van der Waals surface area (Å²) in [4.78, 5) is 19.2. The number of halogens is 4. The van der Waals surface area contributed by atoms with E-state index >= 15 is 0 Å². The van der Waals surface area contributed by atoms with Crippen molar-refractivity contribution in [2.24, 2.45) is 0 Å². The van der Waals surface area contributed by atoms with Crippen LogP contribution in [0.15, 0.2) is 23.3 Å². The standard InChI is InChI=1S/C26H2F4N12/c27-23-37-21(38-24(28)41-23)19-15(7-35)11-1-12-14(2-13(11)17(19)9(3-31)4-32)18(10(5-33)6-34)20(16(12)8-36)22-39-25(29)42-26(30)40-22/h1-2H. The summed E-state index contributed by atoms with van der Waals surface area (Å²) in [5, 5.41) is 58.9. The number of rotatable bonds is 2. The predicted octanol–water partition coefficient (Wildman–Crippen LogP) is 3.11. The largest absolute Gasteiger partial charge is 0.314 e. The first kappa shape index (κ1) is 26.5. The molecule has 0 radical (unpaired) electrons. The molecule has 0 fully saturated rings. The molecule has 0 amide bonds. The van der Waals surface area contributed by atoms with Gasteiger partial charge in [-0.1, -0.05) is 0 Å². The van der Waals surface area contributed by atoms with Crippen LogP contribution >= 0.6 is 0 Å². The Hall–Kier alpha value is -7.14. The van der Waals surface area contributed by atoms with Crippen LogP contribution in [0.1, 0.15) is 33.9 Å². The van der Waals surface area contributed by atoms with Crippen molar-refractivity contribution in [3.63, 3.8) is 0 Å². The Balaban J connectivity index is 1.96. The molecule has 2 heterocycles. The highest BCUT2D eigenvalue weighted by Gasteiger charge is 2.39. The van der Waals surface area contributed by atoms with Crippen LogP contribution in [0.3, 0.4) is 0 Å². The lowest BCUT2D eigenvalue weighted by molar-refractivity contribution is 0.451. The molecule has 0 unspecified atom stereocenters. The average Bonchev–Trinajstić information content (AvgIpc) is 3.44. The third-order valence-corrected chi connectivity index (χ3v) is 6.01. The van der Waals surface area contributed by atoms with Gasteiger partial charge in [0.15, 0.2) is 11.6 Å². The van der Waals surface area contributed by atoms with Gasteiger partial charge in [-0.15, -0.1) is 0 Å². The molecule has 194 valence electrons. The first-order valence-corrected chi connectivity index (χ1v) is 10.9. The Morgan fingerprint density at radius 3 is 1.07 bits per heavy atom. The van der Waals surface area contributed by atoms with E-state index in [4.69, 9.17) is 0 Å². The highest BCUT2D eigenvalue weighted by Crippen LogP contribution is 2.53. The minimum absolute atomic E-state index is 0.0673. The zero-order valence-electron chi connectivity index (χ0n) is 20.0. The Bertz CT molecular complexity index is 1980. The summed E-state index contributed by atoms with van der Waals surface area (Å²) in [6.45, 7) is 0. The summed E-state index contributed by atoms with van der Waals surface area (Å²) in [6.07, 6.45) is -6.26. The lowest BCUT2D eigenvalue weighted by atomic mass is 9.91. The minimum atomic E-state index is -1.57. The second-order valence-electron chi connectivity index (χ2n) is 8.01. The lowest BCUT2D eigenvalue weighted by Crippen LogP contribution is -2.05. The maximum Gasteiger partial charge on any atom is 0.314 e. The van der Waals surface area contributed by atoms with E-state index in [1.165, 1.54) is 12.1 Å². The van der Waals surface area contributed by atoms with E-state index in [1.54, 1.807) is 24.3 Å². The van der Waals surface area contributed by atoms with Crippen LogP contribution in [-0.2, 0) is 0 Å². The maximum atomic E-state index is 14.0. The summed E-state index contributed by atoms with van der Waals surface area (Å²) < 4.78 is 55.9. The van der Waals surface area contributed by atoms with Gasteiger partial charge in [-0.3, -0.25) is 0 Å². The van der Waals surface area contributed by atoms with Crippen molar-refractivity contribution in [2.45, 2.75) is 0 Å².